The normalized spacial score (nSPS) is 25.9. The molecule has 0 spiro atoms. The smallest absolute Gasteiger partial charge is 0.175 e. The van der Waals surface area contributed by atoms with Gasteiger partial charge in [0.2, 0.25) is 0 Å². The van der Waals surface area contributed by atoms with E-state index in [0.29, 0.717) is 10.3 Å². The molecule has 2 atom stereocenters. The van der Waals surface area contributed by atoms with E-state index < -0.39 is 0 Å². The minimum absolute atomic E-state index is 0.219. The minimum atomic E-state index is -0.236. The molecule has 1 fully saturated rings. The second kappa shape index (κ2) is 4.73. The van der Waals surface area contributed by atoms with Crippen molar-refractivity contribution >= 4 is 28.9 Å². The third-order valence-corrected chi connectivity index (χ3v) is 3.36. The van der Waals surface area contributed by atoms with Gasteiger partial charge in [-0.15, -0.1) is 10.2 Å². The van der Waals surface area contributed by atoms with Gasteiger partial charge in [0.15, 0.2) is 10.3 Å². The molecule has 0 saturated carbocycles. The van der Waals surface area contributed by atoms with Crippen LogP contribution in [-0.4, -0.2) is 34.5 Å². The SMILES string of the molecule is CC1CN(c2cc(Cl)nnc2Cl)CCC1O. The first kappa shape index (κ1) is 11.9. The predicted octanol–water partition coefficient (Wildman–Crippen LogP) is 1.99. The average molecular weight is 262 g/mol. The first-order chi connectivity index (χ1) is 7.58. The highest BCUT2D eigenvalue weighted by molar-refractivity contribution is 6.33. The third-order valence-electron chi connectivity index (χ3n) is 2.90. The van der Waals surface area contributed by atoms with Crippen molar-refractivity contribution in [2.75, 3.05) is 18.0 Å². The summed E-state index contributed by atoms with van der Waals surface area (Å²) in [7, 11) is 0. The Kier molecular flexibility index (Phi) is 3.52. The highest BCUT2D eigenvalue weighted by Gasteiger charge is 2.25. The molecule has 16 heavy (non-hydrogen) atoms. The lowest BCUT2D eigenvalue weighted by atomic mass is 9.96. The standard InChI is InChI=1S/C10H13Cl2N3O/c1-6-5-15(3-2-8(6)16)7-4-9(11)13-14-10(7)12/h4,6,8,16H,2-3,5H2,1H3. The van der Waals surface area contributed by atoms with Crippen LogP contribution in [0.4, 0.5) is 5.69 Å². The van der Waals surface area contributed by atoms with Crippen LogP contribution in [0.1, 0.15) is 13.3 Å². The average Bonchev–Trinajstić information content (AvgIpc) is 2.26. The molecule has 1 saturated heterocycles. The van der Waals surface area contributed by atoms with E-state index >= 15 is 0 Å². The number of aliphatic hydroxyl groups excluding tert-OH is 1. The van der Waals surface area contributed by atoms with Crippen molar-refractivity contribution in [3.05, 3.63) is 16.4 Å². The van der Waals surface area contributed by atoms with Gasteiger partial charge in [-0.2, -0.15) is 0 Å². The molecule has 1 aromatic heterocycles. The Morgan fingerprint density at radius 3 is 2.88 bits per heavy atom. The molecule has 2 heterocycles. The second-order valence-electron chi connectivity index (χ2n) is 4.12. The quantitative estimate of drug-likeness (QED) is 0.840. The highest BCUT2D eigenvalue weighted by Crippen LogP contribution is 2.29. The van der Waals surface area contributed by atoms with E-state index in [-0.39, 0.29) is 12.0 Å². The molecule has 88 valence electrons. The van der Waals surface area contributed by atoms with E-state index in [1.165, 1.54) is 0 Å². The summed E-state index contributed by atoms with van der Waals surface area (Å²) < 4.78 is 0. The maximum atomic E-state index is 9.65. The fraction of sp³-hybridized carbons (Fsp3) is 0.600. The van der Waals surface area contributed by atoms with Crippen LogP contribution in [0, 0.1) is 5.92 Å². The van der Waals surface area contributed by atoms with Gasteiger partial charge < -0.3 is 10.0 Å². The zero-order valence-electron chi connectivity index (χ0n) is 8.90. The van der Waals surface area contributed by atoms with Crippen LogP contribution in [0.5, 0.6) is 0 Å². The second-order valence-corrected chi connectivity index (χ2v) is 4.87. The monoisotopic (exact) mass is 261 g/mol. The van der Waals surface area contributed by atoms with Crippen LogP contribution in [0.3, 0.4) is 0 Å². The van der Waals surface area contributed by atoms with Crippen molar-refractivity contribution in [3.8, 4) is 0 Å². The van der Waals surface area contributed by atoms with E-state index in [1.54, 1.807) is 6.07 Å². The lowest BCUT2D eigenvalue weighted by Crippen LogP contribution is -2.42. The molecule has 0 radical (unpaired) electrons. The number of nitrogens with zero attached hydrogens (tertiary/aromatic N) is 3. The highest BCUT2D eigenvalue weighted by atomic mass is 35.5. The third kappa shape index (κ3) is 2.39. The van der Waals surface area contributed by atoms with Gasteiger partial charge in [-0.05, 0) is 12.3 Å². The molecule has 4 nitrogen and oxygen atoms in total. The molecule has 1 aromatic rings. The number of halogens is 2. The summed E-state index contributed by atoms with van der Waals surface area (Å²) in [5.74, 6) is 0.219. The number of aliphatic hydroxyl groups is 1. The number of hydrogen-bond donors (Lipinski definition) is 1. The van der Waals surface area contributed by atoms with Crippen molar-refractivity contribution in [2.24, 2.45) is 5.92 Å². The molecular formula is C10H13Cl2N3O. The fourth-order valence-electron chi connectivity index (χ4n) is 1.92. The minimum Gasteiger partial charge on any atom is -0.393 e. The Hall–Kier alpha value is -0.580. The largest absolute Gasteiger partial charge is 0.393 e. The summed E-state index contributed by atoms with van der Waals surface area (Å²) in [6.45, 7) is 3.52. The molecule has 6 heteroatoms. The molecule has 0 bridgehead atoms. The van der Waals surface area contributed by atoms with Gasteiger partial charge in [0.25, 0.3) is 0 Å². The summed E-state index contributed by atoms with van der Waals surface area (Å²) in [4.78, 5) is 2.08. The van der Waals surface area contributed by atoms with Gasteiger partial charge in [-0.1, -0.05) is 30.1 Å². The Morgan fingerprint density at radius 1 is 1.44 bits per heavy atom. The molecule has 1 N–H and O–H groups in total. The first-order valence-electron chi connectivity index (χ1n) is 5.19. The number of rotatable bonds is 1. The molecule has 2 rings (SSSR count). The van der Waals surface area contributed by atoms with Gasteiger partial charge in [-0.3, -0.25) is 0 Å². The Balaban J connectivity index is 2.21. The number of piperidine rings is 1. The predicted molar refractivity (Wildman–Crippen MR) is 64.1 cm³/mol. The van der Waals surface area contributed by atoms with Crippen LogP contribution < -0.4 is 4.90 Å². The fourth-order valence-corrected chi connectivity index (χ4v) is 2.27. The lowest BCUT2D eigenvalue weighted by molar-refractivity contribution is 0.0971. The molecule has 0 aromatic carbocycles. The Bertz CT molecular complexity index is 388. The van der Waals surface area contributed by atoms with Gasteiger partial charge in [-0.25, -0.2) is 0 Å². The van der Waals surface area contributed by atoms with Crippen LogP contribution in [0.2, 0.25) is 10.3 Å². The molecule has 1 aliphatic heterocycles. The maximum absolute atomic E-state index is 9.65. The molecular weight excluding hydrogens is 249 g/mol. The zero-order chi connectivity index (χ0) is 11.7. The van der Waals surface area contributed by atoms with Gasteiger partial charge in [0.05, 0.1) is 11.8 Å². The molecule has 1 aliphatic rings. The number of aromatic nitrogens is 2. The van der Waals surface area contributed by atoms with Crippen molar-refractivity contribution in [1.29, 1.82) is 0 Å². The van der Waals surface area contributed by atoms with E-state index in [4.69, 9.17) is 23.2 Å². The maximum Gasteiger partial charge on any atom is 0.175 e. The number of anilines is 1. The van der Waals surface area contributed by atoms with E-state index in [2.05, 4.69) is 15.1 Å². The molecule has 2 unspecified atom stereocenters. The topological polar surface area (TPSA) is 49.2 Å². The van der Waals surface area contributed by atoms with Gasteiger partial charge in [0.1, 0.15) is 0 Å². The van der Waals surface area contributed by atoms with Crippen LogP contribution in [0.25, 0.3) is 0 Å². The lowest BCUT2D eigenvalue weighted by Gasteiger charge is -2.35. The summed E-state index contributed by atoms with van der Waals surface area (Å²) in [5.41, 5.74) is 0.792. The van der Waals surface area contributed by atoms with Crippen molar-refractivity contribution in [3.63, 3.8) is 0 Å². The van der Waals surface area contributed by atoms with Crippen LogP contribution >= 0.6 is 23.2 Å². The van der Waals surface area contributed by atoms with Gasteiger partial charge >= 0.3 is 0 Å². The van der Waals surface area contributed by atoms with Crippen LogP contribution in [-0.2, 0) is 0 Å². The molecule has 0 aliphatic carbocycles. The number of hydrogen-bond acceptors (Lipinski definition) is 4. The summed E-state index contributed by atoms with van der Waals surface area (Å²) in [5, 5.41) is 17.8. The molecule has 0 amide bonds. The Labute approximate surface area is 104 Å². The van der Waals surface area contributed by atoms with Crippen LogP contribution in [0.15, 0.2) is 6.07 Å². The van der Waals surface area contributed by atoms with Crippen molar-refractivity contribution < 1.29 is 5.11 Å². The summed E-state index contributed by atoms with van der Waals surface area (Å²) >= 11 is 11.8. The van der Waals surface area contributed by atoms with E-state index in [9.17, 15) is 5.11 Å². The first-order valence-corrected chi connectivity index (χ1v) is 5.95. The summed E-state index contributed by atoms with van der Waals surface area (Å²) in [6, 6.07) is 1.71. The van der Waals surface area contributed by atoms with Crippen molar-refractivity contribution in [2.45, 2.75) is 19.4 Å². The van der Waals surface area contributed by atoms with E-state index in [1.807, 2.05) is 6.92 Å². The van der Waals surface area contributed by atoms with E-state index in [0.717, 1.165) is 25.2 Å². The Morgan fingerprint density at radius 2 is 2.19 bits per heavy atom. The zero-order valence-corrected chi connectivity index (χ0v) is 10.4. The van der Waals surface area contributed by atoms with Crippen molar-refractivity contribution in [1.82, 2.24) is 10.2 Å². The summed E-state index contributed by atoms with van der Waals surface area (Å²) in [6.07, 6.45) is 0.498. The van der Waals surface area contributed by atoms with Gasteiger partial charge in [0, 0.05) is 19.2 Å².